The van der Waals surface area contributed by atoms with Crippen LogP contribution < -0.4 is 9.47 Å². The van der Waals surface area contributed by atoms with Crippen molar-refractivity contribution in [1.82, 2.24) is 15.0 Å². The number of rotatable bonds is 4. The van der Waals surface area contributed by atoms with E-state index in [4.69, 9.17) is 14.0 Å². The lowest BCUT2D eigenvalue weighted by Crippen LogP contribution is -2.38. The zero-order valence-electron chi connectivity index (χ0n) is 14.4. The molecule has 1 amide bonds. The van der Waals surface area contributed by atoms with Gasteiger partial charge in [-0.3, -0.25) is 4.79 Å². The molecule has 0 spiro atoms. The molecule has 0 saturated carbocycles. The van der Waals surface area contributed by atoms with Crippen LogP contribution in [0.4, 0.5) is 0 Å². The molecule has 1 aromatic carbocycles. The van der Waals surface area contributed by atoms with Gasteiger partial charge in [0.15, 0.2) is 17.3 Å². The van der Waals surface area contributed by atoms with Gasteiger partial charge in [-0.25, -0.2) is 0 Å². The summed E-state index contributed by atoms with van der Waals surface area (Å²) in [5, 5.41) is 3.85. The molecule has 1 aliphatic rings. The lowest BCUT2D eigenvalue weighted by atomic mass is 9.96. The van der Waals surface area contributed by atoms with E-state index in [1.54, 1.807) is 20.3 Å². The fourth-order valence-electron chi connectivity index (χ4n) is 3.00. The van der Waals surface area contributed by atoms with Crippen LogP contribution in [0.5, 0.6) is 11.5 Å². The molecule has 25 heavy (non-hydrogen) atoms. The quantitative estimate of drug-likeness (QED) is 0.658. The molecular formula is C17H20IN3O4. The first kappa shape index (κ1) is 18.0. The largest absolute Gasteiger partial charge is 0.493 e. The number of hydrogen-bond donors (Lipinski definition) is 0. The predicted molar refractivity (Wildman–Crippen MR) is 99.2 cm³/mol. The van der Waals surface area contributed by atoms with Crippen LogP contribution in [-0.2, 0) is 0 Å². The first-order chi connectivity index (χ1) is 12.0. The molecule has 8 heteroatoms. The van der Waals surface area contributed by atoms with Crippen LogP contribution in [0.1, 0.15) is 40.8 Å². The highest BCUT2D eigenvalue weighted by atomic mass is 127. The maximum atomic E-state index is 12.9. The van der Waals surface area contributed by atoms with E-state index < -0.39 is 0 Å². The summed E-state index contributed by atoms with van der Waals surface area (Å²) in [6, 6.07) is 3.57. The van der Waals surface area contributed by atoms with E-state index in [0.717, 1.165) is 16.4 Å². The molecule has 1 saturated heterocycles. The first-order valence-electron chi connectivity index (χ1n) is 8.04. The van der Waals surface area contributed by atoms with Gasteiger partial charge in [0.25, 0.3) is 5.91 Å². The van der Waals surface area contributed by atoms with Gasteiger partial charge in [0.2, 0.25) is 5.89 Å². The number of aromatic nitrogens is 2. The van der Waals surface area contributed by atoms with Gasteiger partial charge in [-0.2, -0.15) is 4.98 Å². The standard InChI is InChI=1S/C17H20IN3O4/c1-10-19-16(25-20-10)11-4-6-21(7-5-11)17(22)12-8-14(23-2)15(24-3)9-13(12)18/h8-9,11H,4-7H2,1-3H3. The van der Waals surface area contributed by atoms with Crippen molar-refractivity contribution in [2.24, 2.45) is 0 Å². The highest BCUT2D eigenvalue weighted by Crippen LogP contribution is 2.33. The number of halogens is 1. The highest BCUT2D eigenvalue weighted by molar-refractivity contribution is 14.1. The van der Waals surface area contributed by atoms with E-state index in [2.05, 4.69) is 32.7 Å². The van der Waals surface area contributed by atoms with Crippen LogP contribution in [0, 0.1) is 10.5 Å². The van der Waals surface area contributed by atoms with Crippen molar-refractivity contribution < 1.29 is 18.8 Å². The summed E-state index contributed by atoms with van der Waals surface area (Å²) in [5.41, 5.74) is 0.630. The van der Waals surface area contributed by atoms with E-state index in [1.165, 1.54) is 0 Å². The number of aryl methyl sites for hydroxylation is 1. The predicted octanol–water partition coefficient (Wildman–Crippen LogP) is 3.02. The van der Waals surface area contributed by atoms with Gasteiger partial charge >= 0.3 is 0 Å². The van der Waals surface area contributed by atoms with Crippen molar-refractivity contribution in [2.45, 2.75) is 25.7 Å². The molecule has 0 unspecified atom stereocenters. The molecule has 2 aromatic rings. The van der Waals surface area contributed by atoms with Crippen molar-refractivity contribution in [2.75, 3.05) is 27.3 Å². The first-order valence-corrected chi connectivity index (χ1v) is 9.12. The lowest BCUT2D eigenvalue weighted by Gasteiger charge is -2.30. The summed E-state index contributed by atoms with van der Waals surface area (Å²) in [6.45, 7) is 3.13. The van der Waals surface area contributed by atoms with Gasteiger partial charge in [0, 0.05) is 22.6 Å². The molecule has 7 nitrogen and oxygen atoms in total. The fraction of sp³-hybridized carbons (Fsp3) is 0.471. The number of benzene rings is 1. The molecule has 3 rings (SSSR count). The number of ether oxygens (including phenoxy) is 2. The number of amides is 1. The Bertz CT molecular complexity index is 769. The Morgan fingerprint density at radius 2 is 1.88 bits per heavy atom. The Labute approximate surface area is 159 Å². The summed E-state index contributed by atoms with van der Waals surface area (Å²) >= 11 is 2.15. The summed E-state index contributed by atoms with van der Waals surface area (Å²) in [6.07, 6.45) is 1.63. The summed E-state index contributed by atoms with van der Waals surface area (Å²) in [4.78, 5) is 19.1. The van der Waals surface area contributed by atoms with Gasteiger partial charge in [-0.15, -0.1) is 0 Å². The molecule has 0 atom stereocenters. The van der Waals surface area contributed by atoms with Crippen molar-refractivity contribution in [3.05, 3.63) is 33.0 Å². The second kappa shape index (κ2) is 7.59. The fourth-order valence-corrected chi connectivity index (χ4v) is 3.67. The summed E-state index contributed by atoms with van der Waals surface area (Å²) in [7, 11) is 3.15. The average Bonchev–Trinajstić information content (AvgIpc) is 3.07. The number of carbonyl (C=O) groups is 1. The molecule has 0 N–H and O–H groups in total. The molecule has 2 heterocycles. The minimum absolute atomic E-state index is 0.00510. The second-order valence-corrected chi connectivity index (χ2v) is 7.10. The van der Waals surface area contributed by atoms with E-state index in [9.17, 15) is 4.79 Å². The minimum atomic E-state index is 0.00510. The normalized spacial score (nSPS) is 15.3. The Kier molecular flexibility index (Phi) is 5.45. The number of methoxy groups -OCH3 is 2. The second-order valence-electron chi connectivity index (χ2n) is 5.93. The van der Waals surface area contributed by atoms with E-state index in [0.29, 0.717) is 41.9 Å². The van der Waals surface area contributed by atoms with Crippen LogP contribution in [-0.4, -0.2) is 48.3 Å². The van der Waals surface area contributed by atoms with Crippen molar-refractivity contribution in [3.8, 4) is 11.5 Å². The van der Waals surface area contributed by atoms with Crippen molar-refractivity contribution in [3.63, 3.8) is 0 Å². The monoisotopic (exact) mass is 457 g/mol. The molecular weight excluding hydrogens is 437 g/mol. The smallest absolute Gasteiger partial charge is 0.255 e. The van der Waals surface area contributed by atoms with E-state index in [-0.39, 0.29) is 11.8 Å². The number of nitrogens with zero attached hydrogens (tertiary/aromatic N) is 3. The van der Waals surface area contributed by atoms with Crippen LogP contribution in [0.2, 0.25) is 0 Å². The third-order valence-corrected chi connectivity index (χ3v) is 5.27. The summed E-state index contributed by atoms with van der Waals surface area (Å²) < 4.78 is 16.7. The Morgan fingerprint density at radius 1 is 1.24 bits per heavy atom. The minimum Gasteiger partial charge on any atom is -0.493 e. The van der Waals surface area contributed by atoms with Crippen molar-refractivity contribution in [1.29, 1.82) is 0 Å². The van der Waals surface area contributed by atoms with Crippen LogP contribution in [0.3, 0.4) is 0 Å². The number of carbonyl (C=O) groups excluding carboxylic acids is 1. The van der Waals surface area contributed by atoms with E-state index in [1.807, 2.05) is 17.9 Å². The SMILES string of the molecule is COc1cc(I)c(C(=O)N2CCC(c3nc(C)no3)CC2)cc1OC. The zero-order valence-corrected chi connectivity index (χ0v) is 16.6. The average molecular weight is 457 g/mol. The van der Waals surface area contributed by atoms with Crippen LogP contribution in [0.25, 0.3) is 0 Å². The topological polar surface area (TPSA) is 77.7 Å². The van der Waals surface area contributed by atoms with Gasteiger partial charge in [0.1, 0.15) is 0 Å². The van der Waals surface area contributed by atoms with E-state index >= 15 is 0 Å². The molecule has 0 bridgehead atoms. The summed E-state index contributed by atoms with van der Waals surface area (Å²) in [5.74, 6) is 2.72. The van der Waals surface area contributed by atoms with Gasteiger partial charge in [-0.1, -0.05) is 5.16 Å². The Hall–Kier alpha value is -1.84. The van der Waals surface area contributed by atoms with Crippen molar-refractivity contribution >= 4 is 28.5 Å². The molecule has 1 fully saturated rings. The van der Waals surface area contributed by atoms with Crippen LogP contribution in [0.15, 0.2) is 16.7 Å². The van der Waals surface area contributed by atoms with Gasteiger partial charge in [-0.05, 0) is 54.5 Å². The third kappa shape index (κ3) is 3.73. The molecule has 1 aliphatic heterocycles. The number of likely N-dealkylation sites (tertiary alicyclic amines) is 1. The molecule has 0 aliphatic carbocycles. The Morgan fingerprint density at radius 3 is 2.44 bits per heavy atom. The molecule has 0 radical (unpaired) electrons. The third-order valence-electron chi connectivity index (χ3n) is 4.38. The number of piperidine rings is 1. The van der Waals surface area contributed by atoms with Crippen LogP contribution >= 0.6 is 22.6 Å². The highest BCUT2D eigenvalue weighted by Gasteiger charge is 2.29. The number of hydrogen-bond acceptors (Lipinski definition) is 6. The maximum Gasteiger partial charge on any atom is 0.255 e. The maximum absolute atomic E-state index is 12.9. The lowest BCUT2D eigenvalue weighted by molar-refractivity contribution is 0.0703. The van der Waals surface area contributed by atoms with Gasteiger partial charge < -0.3 is 18.9 Å². The molecule has 1 aromatic heterocycles. The molecule has 134 valence electrons. The zero-order chi connectivity index (χ0) is 18.0. The van der Waals surface area contributed by atoms with Gasteiger partial charge in [0.05, 0.1) is 19.8 Å². The Balaban J connectivity index is 1.72.